The zero-order valence-electron chi connectivity index (χ0n) is 31.1. The topological polar surface area (TPSA) is 99.2 Å². The highest BCUT2D eigenvalue weighted by Crippen LogP contribution is 2.70. The molecule has 52 heavy (non-hydrogen) atoms. The highest BCUT2D eigenvalue weighted by atomic mass is 32.2. The summed E-state index contributed by atoms with van der Waals surface area (Å²) in [5, 5.41) is -0.255. The van der Waals surface area contributed by atoms with Crippen LogP contribution in [0.4, 0.5) is 13.2 Å². The van der Waals surface area contributed by atoms with Crippen LogP contribution in [-0.4, -0.2) is 54.2 Å². The van der Waals surface area contributed by atoms with Crippen LogP contribution in [0.15, 0.2) is 94.8 Å². The number of piperidine rings is 1. The van der Waals surface area contributed by atoms with Crippen LogP contribution in [0.25, 0.3) is 0 Å². The molecule has 1 aliphatic heterocycles. The number of halogens is 3. The van der Waals surface area contributed by atoms with E-state index in [4.69, 9.17) is 13.3 Å². The van der Waals surface area contributed by atoms with Crippen molar-refractivity contribution in [2.45, 2.75) is 102 Å². The van der Waals surface area contributed by atoms with Gasteiger partial charge < -0.3 is 13.3 Å². The van der Waals surface area contributed by atoms with E-state index in [1.165, 1.54) is 22.5 Å². The number of aryl methyl sites for hydroxylation is 1. The molecule has 2 aliphatic carbocycles. The molecule has 1 heterocycles. The van der Waals surface area contributed by atoms with Crippen LogP contribution >= 0.6 is 0 Å². The Kier molecular flexibility index (Phi) is 10.6. The van der Waals surface area contributed by atoms with E-state index in [0.29, 0.717) is 16.9 Å². The molecule has 8 nitrogen and oxygen atoms in total. The Morgan fingerprint density at radius 2 is 1.63 bits per heavy atom. The smallest absolute Gasteiger partial charge is 0.534 e. The lowest BCUT2D eigenvalue weighted by Crippen LogP contribution is -2.71. The molecule has 2 aromatic rings. The number of hydrogen-bond donors (Lipinski definition) is 0. The first-order chi connectivity index (χ1) is 23.9. The molecule has 0 saturated carbocycles. The lowest BCUT2D eigenvalue weighted by atomic mass is 9.43. The summed E-state index contributed by atoms with van der Waals surface area (Å²) in [5.74, 6) is -0.365. The molecule has 14 heteroatoms. The van der Waals surface area contributed by atoms with E-state index < -0.39 is 62.5 Å². The van der Waals surface area contributed by atoms with Gasteiger partial charge in [-0.1, -0.05) is 87.9 Å². The van der Waals surface area contributed by atoms with Crippen molar-refractivity contribution in [1.29, 1.82) is 0 Å². The van der Waals surface area contributed by atoms with E-state index in [-0.39, 0.29) is 49.0 Å². The van der Waals surface area contributed by atoms with Crippen LogP contribution in [0.5, 0.6) is 0 Å². The molecular weight excluding hydrogens is 732 g/mol. The zero-order valence-corrected chi connectivity index (χ0v) is 33.8. The van der Waals surface area contributed by atoms with Crippen molar-refractivity contribution in [3.8, 4) is 0 Å². The molecule has 0 N–H and O–H groups in total. The van der Waals surface area contributed by atoms with E-state index in [1.54, 1.807) is 19.1 Å². The summed E-state index contributed by atoms with van der Waals surface area (Å²) in [7, 11) is -13.1. The van der Waals surface area contributed by atoms with Gasteiger partial charge in [-0.05, 0) is 79.9 Å². The summed E-state index contributed by atoms with van der Waals surface area (Å²) in [4.78, 5) is 0.00289. The standard InChI is InChI=1S/C38H50F3NO7S2Si/c1-26(2)33-31(49-52(8,9)35(4,5)6)23-36(7)29-17-20-32(48-51(45,46)38(39,40)41)37(36,21-22-47-25-28-13-11-10-12-14-28)34(33)42(24-29)50(43,44)30-18-15-27(3)16-19-30/h10-16,18-20,29,34H,1,17,21-25H2,2-9H3/t29-,34+,36+,37+/m1/s1. The second-order valence-corrected chi connectivity index (χ2v) is 24.3. The third-order valence-electron chi connectivity index (χ3n) is 11.7. The maximum absolute atomic E-state index is 14.9. The van der Waals surface area contributed by atoms with Crippen LogP contribution in [0.2, 0.25) is 18.1 Å². The van der Waals surface area contributed by atoms with Gasteiger partial charge in [0.25, 0.3) is 0 Å². The fourth-order valence-corrected chi connectivity index (χ4v) is 11.2. The van der Waals surface area contributed by atoms with E-state index in [2.05, 4.69) is 40.4 Å². The Hall–Kier alpha value is -2.91. The first-order valence-electron chi connectivity index (χ1n) is 17.4. The highest BCUT2D eigenvalue weighted by molar-refractivity contribution is 7.89. The summed E-state index contributed by atoms with van der Waals surface area (Å²) in [6.45, 7) is 20.3. The molecule has 0 radical (unpaired) electrons. The average molecular weight is 782 g/mol. The molecule has 0 unspecified atom stereocenters. The Morgan fingerprint density at radius 1 is 1.02 bits per heavy atom. The van der Waals surface area contributed by atoms with E-state index in [1.807, 2.05) is 44.2 Å². The van der Waals surface area contributed by atoms with Crippen LogP contribution in [0.1, 0.15) is 65.0 Å². The molecular formula is C38H50F3NO7S2Si. The Labute approximate surface area is 308 Å². The summed E-state index contributed by atoms with van der Waals surface area (Å²) < 4.78 is 118. The second-order valence-electron chi connectivity index (χ2n) is 16.1. The lowest BCUT2D eigenvalue weighted by molar-refractivity contribution is -0.129. The Morgan fingerprint density at radius 3 is 2.19 bits per heavy atom. The van der Waals surface area contributed by atoms with Crippen LogP contribution < -0.4 is 0 Å². The maximum atomic E-state index is 14.9. The van der Waals surface area contributed by atoms with Gasteiger partial charge in [0.05, 0.1) is 28.7 Å². The minimum absolute atomic E-state index is 0.00289. The van der Waals surface area contributed by atoms with Crippen LogP contribution in [-0.2, 0) is 40.1 Å². The Balaban J connectivity index is 1.80. The number of sulfonamides is 1. The molecule has 0 amide bonds. The molecule has 4 bridgehead atoms. The van der Waals surface area contributed by atoms with Crippen molar-refractivity contribution < 1.29 is 43.4 Å². The molecule has 0 aromatic heterocycles. The van der Waals surface area contributed by atoms with Gasteiger partial charge in [0.2, 0.25) is 18.3 Å². The summed E-state index contributed by atoms with van der Waals surface area (Å²) in [5.41, 5.74) is -5.83. The predicted molar refractivity (Wildman–Crippen MR) is 197 cm³/mol. The number of allylic oxidation sites excluding steroid dienone is 2. The number of rotatable bonds is 12. The molecule has 0 spiro atoms. The first kappa shape index (κ1) is 40.3. The quantitative estimate of drug-likeness (QED) is 0.0918. The monoisotopic (exact) mass is 781 g/mol. The normalized spacial score (nSPS) is 25.8. The second kappa shape index (κ2) is 13.7. The van der Waals surface area contributed by atoms with Gasteiger partial charge >= 0.3 is 15.6 Å². The number of nitrogens with zero attached hydrogens (tertiary/aromatic N) is 1. The third-order valence-corrected chi connectivity index (χ3v) is 18.9. The van der Waals surface area contributed by atoms with Gasteiger partial charge in [-0.3, -0.25) is 0 Å². The van der Waals surface area contributed by atoms with Gasteiger partial charge in [-0.2, -0.15) is 25.9 Å². The van der Waals surface area contributed by atoms with Gasteiger partial charge in [0, 0.05) is 25.1 Å². The van der Waals surface area contributed by atoms with Gasteiger partial charge in [-0.25, -0.2) is 8.42 Å². The van der Waals surface area contributed by atoms with Crippen molar-refractivity contribution in [2.75, 3.05) is 13.2 Å². The minimum Gasteiger partial charge on any atom is -0.546 e. The number of benzene rings is 2. The highest BCUT2D eigenvalue weighted by Gasteiger charge is 2.71. The lowest BCUT2D eigenvalue weighted by Gasteiger charge is -2.67. The molecule has 286 valence electrons. The fourth-order valence-electron chi connectivity index (χ4n) is 7.83. The Bertz CT molecular complexity index is 1970. The number of ether oxygens (including phenoxy) is 1. The molecule has 3 aliphatic rings. The molecule has 4 atom stereocenters. The molecule has 5 rings (SSSR count). The minimum atomic E-state index is -6.15. The van der Waals surface area contributed by atoms with E-state index in [0.717, 1.165) is 11.1 Å². The molecule has 2 aromatic carbocycles. The summed E-state index contributed by atoms with van der Waals surface area (Å²) in [6.07, 6.45) is 1.63. The third kappa shape index (κ3) is 6.94. The number of hydrogen-bond acceptors (Lipinski definition) is 7. The van der Waals surface area contributed by atoms with Crippen molar-refractivity contribution in [2.24, 2.45) is 16.7 Å². The fraction of sp³-hybridized carbons (Fsp3) is 0.526. The maximum Gasteiger partial charge on any atom is 0.534 e. The summed E-state index contributed by atoms with van der Waals surface area (Å²) in [6, 6.07) is 14.4. The summed E-state index contributed by atoms with van der Waals surface area (Å²) >= 11 is 0. The number of alkyl halides is 3. The van der Waals surface area contributed by atoms with Gasteiger partial charge in [0.1, 0.15) is 5.76 Å². The zero-order chi connectivity index (χ0) is 38.7. The molecule has 1 fully saturated rings. The molecule has 1 saturated heterocycles. The van der Waals surface area contributed by atoms with Crippen LogP contribution in [0, 0.1) is 23.7 Å². The SMILES string of the molecule is C=C(C)C1=C(O[Si](C)(C)C(C)(C)C)C[C@@]2(C)[C@@H]3CC=C(OS(=O)(=O)C(F)(F)F)[C@@]2(CCOCc2ccccc2)[C@H]1N(S(=O)(=O)c1ccc(C)cc1)C3. The van der Waals surface area contributed by atoms with Gasteiger partial charge in [0.15, 0.2) is 0 Å². The first-order valence-corrected chi connectivity index (χ1v) is 23.1. The largest absolute Gasteiger partial charge is 0.546 e. The van der Waals surface area contributed by atoms with Crippen molar-refractivity contribution in [3.05, 3.63) is 101 Å². The van der Waals surface area contributed by atoms with Crippen molar-refractivity contribution in [1.82, 2.24) is 4.31 Å². The van der Waals surface area contributed by atoms with Crippen molar-refractivity contribution in [3.63, 3.8) is 0 Å². The van der Waals surface area contributed by atoms with Gasteiger partial charge in [-0.15, -0.1) is 0 Å². The van der Waals surface area contributed by atoms with E-state index in [9.17, 15) is 30.0 Å². The average Bonchev–Trinajstić information content (AvgIpc) is 3.01. The van der Waals surface area contributed by atoms with E-state index >= 15 is 0 Å². The predicted octanol–water partition coefficient (Wildman–Crippen LogP) is 8.99. The van der Waals surface area contributed by atoms with Crippen LogP contribution in [0.3, 0.4) is 0 Å². The van der Waals surface area contributed by atoms with Crippen molar-refractivity contribution >= 4 is 28.5 Å².